The van der Waals surface area contributed by atoms with Crippen LogP contribution < -0.4 is 14.2 Å². The number of imidazole rings is 1. The summed E-state index contributed by atoms with van der Waals surface area (Å²) in [5, 5.41) is 5.31. The van der Waals surface area contributed by atoms with E-state index in [0.29, 0.717) is 33.9 Å². The van der Waals surface area contributed by atoms with Crippen LogP contribution in [0.2, 0.25) is 0 Å². The minimum atomic E-state index is 0.497. The summed E-state index contributed by atoms with van der Waals surface area (Å²) in [6.45, 7) is 1.92. The van der Waals surface area contributed by atoms with E-state index in [1.807, 2.05) is 49.4 Å². The topological polar surface area (TPSA) is 99.5 Å². The molecule has 5 aromatic rings. The Kier molecular flexibility index (Phi) is 5.51. The summed E-state index contributed by atoms with van der Waals surface area (Å²) >= 11 is 1.49. The molecule has 0 saturated heterocycles. The number of nitrogens with zero attached hydrogens (tertiary/aromatic N) is 5. The highest BCUT2D eigenvalue weighted by atomic mass is 32.2. The van der Waals surface area contributed by atoms with Gasteiger partial charge in [0.15, 0.2) is 0 Å². The molecule has 0 saturated carbocycles. The van der Waals surface area contributed by atoms with Crippen molar-refractivity contribution in [3.63, 3.8) is 0 Å². The van der Waals surface area contributed by atoms with Crippen molar-refractivity contribution in [3.05, 3.63) is 54.0 Å². The fourth-order valence-electron chi connectivity index (χ4n) is 3.67. The number of hydrogen-bond acceptors (Lipinski definition) is 8. The quantitative estimate of drug-likeness (QED) is 0.358. The molecule has 0 atom stereocenters. The Morgan fingerprint density at radius 2 is 1.70 bits per heavy atom. The lowest BCUT2D eigenvalue weighted by atomic mass is 10.1. The summed E-state index contributed by atoms with van der Waals surface area (Å²) in [6.07, 6.45) is 0. The number of H-pyrrole nitrogens is 1. The Labute approximate surface area is 194 Å². The summed E-state index contributed by atoms with van der Waals surface area (Å²) in [4.78, 5) is 17.1. The van der Waals surface area contributed by atoms with Crippen molar-refractivity contribution >= 4 is 28.6 Å². The monoisotopic (exact) mass is 462 g/mol. The number of para-hydroxylation sites is 2. The van der Waals surface area contributed by atoms with Gasteiger partial charge in [-0.25, -0.2) is 9.97 Å². The highest BCUT2D eigenvalue weighted by Crippen LogP contribution is 2.42. The van der Waals surface area contributed by atoms with Crippen LogP contribution in [0.25, 0.3) is 28.1 Å². The minimum absolute atomic E-state index is 0.497. The third kappa shape index (κ3) is 3.93. The van der Waals surface area contributed by atoms with Crippen molar-refractivity contribution in [2.24, 2.45) is 0 Å². The normalized spacial score (nSPS) is 11.3. The molecule has 9 nitrogen and oxygen atoms in total. The van der Waals surface area contributed by atoms with Crippen LogP contribution >= 0.6 is 11.8 Å². The number of fused-ring (bicyclic) bond motifs is 2. The lowest BCUT2D eigenvalue weighted by Gasteiger charge is -2.16. The van der Waals surface area contributed by atoms with Crippen LogP contribution in [0, 0.1) is 6.92 Å². The van der Waals surface area contributed by atoms with E-state index in [-0.39, 0.29) is 0 Å². The van der Waals surface area contributed by atoms with Gasteiger partial charge in [-0.1, -0.05) is 23.9 Å². The van der Waals surface area contributed by atoms with Crippen molar-refractivity contribution in [3.8, 4) is 28.5 Å². The zero-order valence-electron chi connectivity index (χ0n) is 18.6. The second-order valence-corrected chi connectivity index (χ2v) is 8.23. The van der Waals surface area contributed by atoms with Crippen LogP contribution in [0.4, 0.5) is 0 Å². The smallest absolute Gasteiger partial charge is 0.253 e. The Morgan fingerprint density at radius 3 is 2.39 bits per heavy atom. The van der Waals surface area contributed by atoms with Crippen LogP contribution in [0.15, 0.2) is 47.6 Å². The number of aryl methyl sites for hydroxylation is 1. The molecule has 0 fully saturated rings. The van der Waals surface area contributed by atoms with E-state index < -0.39 is 0 Å². The molecule has 5 rings (SSSR count). The first-order valence-corrected chi connectivity index (χ1v) is 11.2. The zero-order valence-corrected chi connectivity index (χ0v) is 19.4. The standard InChI is InChI=1S/C23H22N6O3S/c1-13-9-17(21-18(31-3)10-14(30-2)11-19(21)32-4)29-22(24-13)27-23(28-29)33-12-20-25-15-7-5-6-8-16(15)26-20/h5-11H,12H2,1-4H3,(H,25,26). The Hall–Kier alpha value is -3.79. The first kappa shape index (κ1) is 21.1. The summed E-state index contributed by atoms with van der Waals surface area (Å²) in [5.41, 5.74) is 4.26. The van der Waals surface area contributed by atoms with E-state index in [1.54, 1.807) is 25.8 Å². The maximum atomic E-state index is 5.65. The Bertz CT molecular complexity index is 1400. The van der Waals surface area contributed by atoms with Crippen LogP contribution in [0.5, 0.6) is 17.2 Å². The average Bonchev–Trinajstić information content (AvgIpc) is 3.44. The van der Waals surface area contributed by atoms with Gasteiger partial charge in [0.05, 0.1) is 49.4 Å². The van der Waals surface area contributed by atoms with Gasteiger partial charge in [-0.3, -0.25) is 0 Å². The second-order valence-electron chi connectivity index (χ2n) is 7.29. The molecule has 0 unspecified atom stereocenters. The van der Waals surface area contributed by atoms with E-state index in [2.05, 4.69) is 19.9 Å². The largest absolute Gasteiger partial charge is 0.496 e. The molecule has 33 heavy (non-hydrogen) atoms. The number of methoxy groups -OCH3 is 3. The second kappa shape index (κ2) is 8.62. The maximum absolute atomic E-state index is 5.65. The van der Waals surface area contributed by atoms with Gasteiger partial charge in [-0.05, 0) is 25.1 Å². The SMILES string of the molecule is COc1cc(OC)c(-c2cc(C)nc3nc(SCc4nc5ccccc5[nH]4)nn23)c(OC)c1. The van der Waals surface area contributed by atoms with Crippen molar-refractivity contribution in [2.75, 3.05) is 21.3 Å². The highest BCUT2D eigenvalue weighted by Gasteiger charge is 2.21. The van der Waals surface area contributed by atoms with Crippen LogP contribution in [0.3, 0.4) is 0 Å². The molecule has 0 spiro atoms. The molecular formula is C23H22N6O3S. The summed E-state index contributed by atoms with van der Waals surface area (Å²) in [5.74, 6) is 3.81. The predicted molar refractivity (Wildman–Crippen MR) is 126 cm³/mol. The third-order valence-corrected chi connectivity index (χ3v) is 6.02. The first-order valence-electron chi connectivity index (χ1n) is 10.2. The highest BCUT2D eigenvalue weighted by molar-refractivity contribution is 7.98. The van der Waals surface area contributed by atoms with Crippen molar-refractivity contribution in [1.29, 1.82) is 0 Å². The maximum Gasteiger partial charge on any atom is 0.253 e. The number of rotatable bonds is 7. The minimum Gasteiger partial charge on any atom is -0.496 e. The third-order valence-electron chi connectivity index (χ3n) is 5.17. The van der Waals surface area contributed by atoms with Crippen molar-refractivity contribution in [2.45, 2.75) is 17.8 Å². The molecule has 0 amide bonds. The number of benzene rings is 2. The van der Waals surface area contributed by atoms with Gasteiger partial charge in [0.25, 0.3) is 5.78 Å². The molecule has 168 valence electrons. The number of ether oxygens (including phenoxy) is 3. The van der Waals surface area contributed by atoms with E-state index >= 15 is 0 Å². The van der Waals surface area contributed by atoms with Crippen LogP contribution in [-0.2, 0) is 5.75 Å². The number of aromatic amines is 1. The summed E-state index contributed by atoms with van der Waals surface area (Å²) < 4.78 is 18.4. The van der Waals surface area contributed by atoms with Gasteiger partial charge in [-0.15, -0.1) is 5.10 Å². The fourth-order valence-corrected chi connectivity index (χ4v) is 4.36. The van der Waals surface area contributed by atoms with Gasteiger partial charge in [0.1, 0.15) is 23.1 Å². The summed E-state index contributed by atoms with van der Waals surface area (Å²) in [6, 6.07) is 13.5. The van der Waals surface area contributed by atoms with Crippen molar-refractivity contribution < 1.29 is 14.2 Å². The van der Waals surface area contributed by atoms with Crippen molar-refractivity contribution in [1.82, 2.24) is 29.5 Å². The van der Waals surface area contributed by atoms with E-state index in [1.165, 1.54) is 11.8 Å². The van der Waals surface area contributed by atoms with E-state index in [4.69, 9.17) is 19.3 Å². The molecule has 1 N–H and O–H groups in total. The summed E-state index contributed by atoms with van der Waals surface area (Å²) in [7, 11) is 4.82. The molecule has 0 aliphatic heterocycles. The lowest BCUT2D eigenvalue weighted by molar-refractivity contribution is 0.377. The average molecular weight is 463 g/mol. The van der Waals surface area contributed by atoms with Crippen LogP contribution in [0.1, 0.15) is 11.5 Å². The fraction of sp³-hybridized carbons (Fsp3) is 0.217. The Morgan fingerprint density at radius 1 is 0.939 bits per heavy atom. The Balaban J connectivity index is 1.55. The zero-order chi connectivity index (χ0) is 22.9. The molecule has 10 heteroatoms. The molecule has 0 radical (unpaired) electrons. The molecule has 0 aliphatic rings. The number of aromatic nitrogens is 6. The van der Waals surface area contributed by atoms with E-state index in [0.717, 1.165) is 33.8 Å². The van der Waals surface area contributed by atoms with E-state index in [9.17, 15) is 0 Å². The molecule has 2 aromatic carbocycles. The van der Waals surface area contributed by atoms with Gasteiger partial charge in [0.2, 0.25) is 5.16 Å². The molecule has 0 aliphatic carbocycles. The van der Waals surface area contributed by atoms with Crippen LogP contribution in [-0.4, -0.2) is 50.9 Å². The molecular weight excluding hydrogens is 440 g/mol. The number of hydrogen-bond donors (Lipinski definition) is 1. The lowest BCUT2D eigenvalue weighted by Crippen LogP contribution is -2.02. The molecule has 0 bridgehead atoms. The van der Waals surface area contributed by atoms with Gasteiger partial charge >= 0.3 is 0 Å². The van der Waals surface area contributed by atoms with Gasteiger partial charge < -0.3 is 19.2 Å². The van der Waals surface area contributed by atoms with Gasteiger partial charge in [-0.2, -0.15) is 9.50 Å². The van der Waals surface area contributed by atoms with Gasteiger partial charge in [0, 0.05) is 17.8 Å². The first-order chi connectivity index (χ1) is 16.1. The number of thioether (sulfide) groups is 1. The number of nitrogens with one attached hydrogen (secondary N) is 1. The predicted octanol–water partition coefficient (Wildman–Crippen LogP) is 4.29. The molecule has 3 aromatic heterocycles. The molecule has 3 heterocycles.